The van der Waals surface area contributed by atoms with Gasteiger partial charge < -0.3 is 19.9 Å². The highest BCUT2D eigenvalue weighted by Crippen LogP contribution is 2.39. The largest absolute Gasteiger partial charge is 0.465 e. The number of hydrogen-bond donors (Lipinski definition) is 2. The average Bonchev–Trinajstić information content (AvgIpc) is 3.22. The summed E-state index contributed by atoms with van der Waals surface area (Å²) in [5.74, 6) is -0.865. The molecule has 0 saturated heterocycles. The molecule has 5 rings (SSSR count). The monoisotopic (exact) mass is 443 g/mol. The summed E-state index contributed by atoms with van der Waals surface area (Å²) in [6, 6.07) is 20.0. The molecule has 7 heteroatoms. The molecule has 2 N–H and O–H groups in total. The van der Waals surface area contributed by atoms with Crippen molar-refractivity contribution in [1.82, 2.24) is 9.88 Å². The molecule has 1 aliphatic heterocycles. The van der Waals surface area contributed by atoms with Gasteiger partial charge in [0.05, 0.1) is 12.7 Å². The Hall–Kier alpha value is -4.13. The lowest BCUT2D eigenvalue weighted by molar-refractivity contribution is 0.0600. The number of hydrogen-bond acceptors (Lipinski definition) is 3. The first kappa shape index (κ1) is 20.8. The van der Waals surface area contributed by atoms with Crippen LogP contribution in [0.4, 0.5) is 14.9 Å². The normalized spacial score (nSPS) is 15.2. The second-order valence-electron chi connectivity index (χ2n) is 7.93. The van der Waals surface area contributed by atoms with Gasteiger partial charge in [-0.05, 0) is 42.3 Å². The van der Waals surface area contributed by atoms with E-state index in [9.17, 15) is 14.0 Å². The molecule has 0 radical (unpaired) electrons. The maximum Gasteiger partial charge on any atom is 0.337 e. The van der Waals surface area contributed by atoms with Gasteiger partial charge in [-0.15, -0.1) is 0 Å². The fourth-order valence-electron chi connectivity index (χ4n) is 4.52. The predicted octanol–water partition coefficient (Wildman–Crippen LogP) is 5.27. The zero-order chi connectivity index (χ0) is 22.9. The lowest BCUT2D eigenvalue weighted by atomic mass is 9.92. The number of H-pyrrole nitrogens is 1. The van der Waals surface area contributed by atoms with Crippen molar-refractivity contribution in [2.75, 3.05) is 19.0 Å². The van der Waals surface area contributed by atoms with Crippen molar-refractivity contribution < 1.29 is 18.7 Å². The number of aromatic amines is 1. The second-order valence-corrected chi connectivity index (χ2v) is 7.93. The van der Waals surface area contributed by atoms with Crippen molar-refractivity contribution in [3.63, 3.8) is 0 Å². The number of fused-ring (bicyclic) bond motifs is 3. The molecule has 2 amide bonds. The van der Waals surface area contributed by atoms with Crippen LogP contribution in [0.5, 0.6) is 0 Å². The second kappa shape index (κ2) is 8.43. The van der Waals surface area contributed by atoms with E-state index in [0.717, 1.165) is 22.2 Å². The lowest BCUT2D eigenvalue weighted by Gasteiger charge is -2.36. The van der Waals surface area contributed by atoms with Crippen LogP contribution in [0.2, 0.25) is 0 Å². The molecule has 1 aliphatic rings. The maximum atomic E-state index is 14.9. The zero-order valence-corrected chi connectivity index (χ0v) is 18.0. The number of nitrogens with zero attached hydrogens (tertiary/aromatic N) is 1. The highest BCUT2D eigenvalue weighted by Gasteiger charge is 2.36. The first-order valence-electron chi connectivity index (χ1n) is 10.7. The number of esters is 1. The van der Waals surface area contributed by atoms with Crippen molar-refractivity contribution >= 4 is 28.6 Å². The van der Waals surface area contributed by atoms with Gasteiger partial charge in [0.15, 0.2) is 0 Å². The van der Waals surface area contributed by atoms with Crippen LogP contribution >= 0.6 is 0 Å². The van der Waals surface area contributed by atoms with Crippen LogP contribution in [0.25, 0.3) is 10.9 Å². The Bertz CT molecular complexity index is 1360. The van der Waals surface area contributed by atoms with E-state index in [4.69, 9.17) is 4.74 Å². The maximum absolute atomic E-state index is 14.9. The van der Waals surface area contributed by atoms with Gasteiger partial charge in [0.25, 0.3) is 0 Å². The molecule has 0 unspecified atom stereocenters. The smallest absolute Gasteiger partial charge is 0.337 e. The van der Waals surface area contributed by atoms with E-state index in [-0.39, 0.29) is 11.8 Å². The zero-order valence-electron chi connectivity index (χ0n) is 18.0. The SMILES string of the molecule is COC(=O)c1cccc(NC(=O)N2CCc3c([nH]c4ccccc34)[C@@H]2c2ccccc2F)c1. The average molecular weight is 443 g/mol. The molecular formula is C26H22FN3O3. The fraction of sp³-hybridized carbons (Fsp3) is 0.154. The number of benzene rings is 3. The standard InChI is InChI=1S/C26H22FN3O3/c1-33-25(31)16-7-6-8-17(15-16)28-26(32)30-14-13-19-18-9-3-5-12-22(18)29-23(19)24(30)20-10-2-4-11-21(20)27/h2-12,15,24,29H,13-14H2,1H3,(H,28,32)/t24-/m0/s1. The topological polar surface area (TPSA) is 74.4 Å². The van der Waals surface area contributed by atoms with E-state index in [0.29, 0.717) is 29.8 Å². The highest BCUT2D eigenvalue weighted by atomic mass is 19.1. The number of para-hydroxylation sites is 1. The first-order chi connectivity index (χ1) is 16.1. The number of anilines is 1. The quantitative estimate of drug-likeness (QED) is 0.424. The van der Waals surface area contributed by atoms with E-state index in [1.807, 2.05) is 24.3 Å². The van der Waals surface area contributed by atoms with Crippen molar-refractivity contribution in [3.05, 3.63) is 101 Å². The number of carbonyl (C=O) groups is 2. The van der Waals surface area contributed by atoms with Gasteiger partial charge >= 0.3 is 12.0 Å². The Morgan fingerprint density at radius 1 is 1.06 bits per heavy atom. The third-order valence-corrected chi connectivity index (χ3v) is 6.03. The Balaban J connectivity index is 1.54. The molecule has 1 atom stereocenters. The highest BCUT2D eigenvalue weighted by molar-refractivity contribution is 5.94. The van der Waals surface area contributed by atoms with Crippen molar-refractivity contribution in [3.8, 4) is 0 Å². The summed E-state index contributed by atoms with van der Waals surface area (Å²) in [6.07, 6.45) is 0.639. The summed E-state index contributed by atoms with van der Waals surface area (Å²) in [6.45, 7) is 0.413. The van der Waals surface area contributed by atoms with E-state index in [1.165, 1.54) is 13.2 Å². The number of aromatic nitrogens is 1. The van der Waals surface area contributed by atoms with Gasteiger partial charge in [0.1, 0.15) is 11.9 Å². The predicted molar refractivity (Wildman–Crippen MR) is 124 cm³/mol. The summed E-state index contributed by atoms with van der Waals surface area (Å²) in [7, 11) is 1.30. The molecule has 0 fully saturated rings. The van der Waals surface area contributed by atoms with Crippen LogP contribution in [0.15, 0.2) is 72.8 Å². The molecule has 4 aromatic rings. The van der Waals surface area contributed by atoms with Crippen molar-refractivity contribution in [1.29, 1.82) is 0 Å². The number of halogens is 1. The van der Waals surface area contributed by atoms with Gasteiger partial charge in [-0.3, -0.25) is 0 Å². The Kier molecular flexibility index (Phi) is 5.30. The van der Waals surface area contributed by atoms with E-state index in [1.54, 1.807) is 47.4 Å². The molecule has 33 heavy (non-hydrogen) atoms. The minimum atomic E-state index is -0.619. The Labute approximate surface area is 190 Å². The molecule has 1 aromatic heterocycles. The fourth-order valence-corrected chi connectivity index (χ4v) is 4.52. The molecule has 0 saturated carbocycles. The van der Waals surface area contributed by atoms with Crippen LogP contribution in [0, 0.1) is 5.82 Å². The molecule has 0 aliphatic carbocycles. The van der Waals surface area contributed by atoms with Gasteiger partial charge in [0, 0.05) is 34.4 Å². The number of ether oxygens (including phenoxy) is 1. The van der Waals surface area contributed by atoms with Crippen LogP contribution in [0.1, 0.15) is 33.2 Å². The third-order valence-electron chi connectivity index (χ3n) is 6.03. The van der Waals surface area contributed by atoms with Gasteiger partial charge in [0.2, 0.25) is 0 Å². The van der Waals surface area contributed by atoms with Crippen LogP contribution in [0.3, 0.4) is 0 Å². The summed E-state index contributed by atoms with van der Waals surface area (Å²) in [5, 5.41) is 3.94. The molecule has 0 spiro atoms. The minimum absolute atomic E-state index is 0.331. The summed E-state index contributed by atoms with van der Waals surface area (Å²) in [5.41, 5.74) is 4.07. The minimum Gasteiger partial charge on any atom is -0.465 e. The molecule has 0 bridgehead atoms. The van der Waals surface area contributed by atoms with Crippen molar-refractivity contribution in [2.45, 2.75) is 12.5 Å². The van der Waals surface area contributed by atoms with Crippen LogP contribution in [-0.2, 0) is 11.2 Å². The summed E-state index contributed by atoms with van der Waals surface area (Å²) >= 11 is 0. The summed E-state index contributed by atoms with van der Waals surface area (Å²) < 4.78 is 19.7. The molecule has 166 valence electrons. The van der Waals surface area contributed by atoms with Crippen molar-refractivity contribution in [2.24, 2.45) is 0 Å². The molecule has 6 nitrogen and oxygen atoms in total. The molecule has 3 aromatic carbocycles. The van der Waals surface area contributed by atoms with Gasteiger partial charge in [-0.25, -0.2) is 14.0 Å². The number of rotatable bonds is 3. The Morgan fingerprint density at radius 2 is 1.85 bits per heavy atom. The van der Waals surface area contributed by atoms with Crippen LogP contribution in [-0.4, -0.2) is 35.5 Å². The molecular weight excluding hydrogens is 421 g/mol. The number of urea groups is 1. The number of nitrogens with one attached hydrogen (secondary N) is 2. The first-order valence-corrected chi connectivity index (χ1v) is 10.7. The third kappa shape index (κ3) is 3.71. The number of amides is 2. The summed E-state index contributed by atoms with van der Waals surface area (Å²) in [4.78, 5) is 30.3. The van der Waals surface area contributed by atoms with E-state index in [2.05, 4.69) is 10.3 Å². The Morgan fingerprint density at radius 3 is 2.67 bits per heavy atom. The molecule has 2 heterocycles. The number of methoxy groups -OCH3 is 1. The van der Waals surface area contributed by atoms with Gasteiger partial charge in [-0.1, -0.05) is 42.5 Å². The van der Waals surface area contributed by atoms with E-state index >= 15 is 0 Å². The van der Waals surface area contributed by atoms with E-state index < -0.39 is 12.0 Å². The number of carbonyl (C=O) groups excluding carboxylic acids is 2. The van der Waals surface area contributed by atoms with Gasteiger partial charge in [-0.2, -0.15) is 0 Å². The van der Waals surface area contributed by atoms with Crippen LogP contribution < -0.4 is 5.32 Å². The lowest BCUT2D eigenvalue weighted by Crippen LogP contribution is -2.43.